The third-order valence-electron chi connectivity index (χ3n) is 2.37. The number of hydrogen-bond acceptors (Lipinski definition) is 3. The molecular formula is C11H17Cl2N3. The van der Waals surface area contributed by atoms with Gasteiger partial charge in [0.05, 0.1) is 10.0 Å². The molecule has 0 atom stereocenters. The molecule has 0 aliphatic rings. The molecule has 0 fully saturated rings. The van der Waals surface area contributed by atoms with Gasteiger partial charge in [-0.25, -0.2) is 4.98 Å². The van der Waals surface area contributed by atoms with Crippen LogP contribution in [0.2, 0.25) is 10.0 Å². The minimum Gasteiger partial charge on any atom is -0.358 e. The summed E-state index contributed by atoms with van der Waals surface area (Å²) in [5, 5.41) is 1.10. The van der Waals surface area contributed by atoms with Crippen molar-refractivity contribution in [2.75, 3.05) is 25.0 Å². The lowest BCUT2D eigenvalue weighted by molar-refractivity contribution is 0.384. The molecule has 1 rings (SSSR count). The van der Waals surface area contributed by atoms with Crippen LogP contribution in [0.15, 0.2) is 12.3 Å². The Morgan fingerprint density at radius 1 is 1.44 bits per heavy atom. The van der Waals surface area contributed by atoms with Crippen LogP contribution in [0.25, 0.3) is 0 Å². The number of nitrogens with zero attached hydrogens (tertiary/aromatic N) is 2. The van der Waals surface area contributed by atoms with Crippen molar-refractivity contribution in [1.82, 2.24) is 4.98 Å². The highest BCUT2D eigenvalue weighted by molar-refractivity contribution is 6.35. The van der Waals surface area contributed by atoms with Crippen LogP contribution in [0.3, 0.4) is 0 Å². The van der Waals surface area contributed by atoms with Crippen molar-refractivity contribution in [1.29, 1.82) is 0 Å². The van der Waals surface area contributed by atoms with Gasteiger partial charge in [0.25, 0.3) is 0 Å². The van der Waals surface area contributed by atoms with E-state index in [0.717, 1.165) is 12.4 Å². The number of hydrogen-bond donors (Lipinski definition) is 1. The zero-order chi connectivity index (χ0) is 12.3. The molecule has 1 aromatic rings. The Morgan fingerprint density at radius 3 is 2.56 bits per heavy atom. The second kappa shape index (κ2) is 5.21. The van der Waals surface area contributed by atoms with Crippen molar-refractivity contribution in [3.8, 4) is 0 Å². The molecule has 1 aromatic heterocycles. The lowest BCUT2D eigenvalue weighted by atomic mass is 9.93. The molecule has 0 radical (unpaired) electrons. The van der Waals surface area contributed by atoms with Gasteiger partial charge in [0.1, 0.15) is 5.82 Å². The summed E-state index contributed by atoms with van der Waals surface area (Å²) in [5.74, 6) is 0.729. The first-order chi connectivity index (χ1) is 7.35. The smallest absolute Gasteiger partial charge is 0.147 e. The van der Waals surface area contributed by atoms with Crippen LogP contribution in [-0.2, 0) is 0 Å². The number of aromatic nitrogens is 1. The average Bonchev–Trinajstić information content (AvgIpc) is 2.16. The molecule has 0 unspecified atom stereocenters. The maximum absolute atomic E-state index is 6.08. The lowest BCUT2D eigenvalue weighted by Crippen LogP contribution is -2.37. The molecule has 5 heteroatoms. The Labute approximate surface area is 107 Å². The summed E-state index contributed by atoms with van der Waals surface area (Å²) < 4.78 is 0. The van der Waals surface area contributed by atoms with E-state index in [4.69, 9.17) is 28.9 Å². The van der Waals surface area contributed by atoms with Crippen LogP contribution in [0.5, 0.6) is 0 Å². The highest BCUT2D eigenvalue weighted by Crippen LogP contribution is 2.27. The molecular weight excluding hydrogens is 245 g/mol. The normalized spacial score (nSPS) is 11.6. The zero-order valence-corrected chi connectivity index (χ0v) is 11.3. The Hall–Kier alpha value is -0.510. The summed E-state index contributed by atoms with van der Waals surface area (Å²) in [7, 11) is 1.94. The summed E-state index contributed by atoms with van der Waals surface area (Å²) in [4.78, 5) is 6.21. The molecule has 0 spiro atoms. The van der Waals surface area contributed by atoms with Gasteiger partial charge in [0, 0.05) is 19.8 Å². The van der Waals surface area contributed by atoms with Gasteiger partial charge >= 0.3 is 0 Å². The predicted molar refractivity (Wildman–Crippen MR) is 70.4 cm³/mol. The maximum atomic E-state index is 6.08. The summed E-state index contributed by atoms with van der Waals surface area (Å²) in [5.41, 5.74) is 5.72. The van der Waals surface area contributed by atoms with E-state index in [9.17, 15) is 0 Å². The zero-order valence-electron chi connectivity index (χ0n) is 9.80. The van der Waals surface area contributed by atoms with Gasteiger partial charge < -0.3 is 10.6 Å². The molecule has 0 saturated heterocycles. The molecule has 1 heterocycles. The fraction of sp³-hybridized carbons (Fsp3) is 0.545. The van der Waals surface area contributed by atoms with Gasteiger partial charge in [-0.1, -0.05) is 37.0 Å². The average molecular weight is 262 g/mol. The minimum absolute atomic E-state index is 0.0272. The maximum Gasteiger partial charge on any atom is 0.147 e. The van der Waals surface area contributed by atoms with E-state index >= 15 is 0 Å². The quantitative estimate of drug-likeness (QED) is 0.907. The first kappa shape index (κ1) is 13.6. The van der Waals surface area contributed by atoms with Gasteiger partial charge in [0.2, 0.25) is 0 Å². The largest absolute Gasteiger partial charge is 0.358 e. The van der Waals surface area contributed by atoms with Crippen LogP contribution in [0, 0.1) is 5.41 Å². The van der Waals surface area contributed by atoms with E-state index in [2.05, 4.69) is 18.8 Å². The minimum atomic E-state index is 0.0272. The number of pyridine rings is 1. The van der Waals surface area contributed by atoms with E-state index in [1.165, 1.54) is 0 Å². The van der Waals surface area contributed by atoms with Crippen molar-refractivity contribution in [3.63, 3.8) is 0 Å². The van der Waals surface area contributed by atoms with Crippen molar-refractivity contribution >= 4 is 29.0 Å². The van der Waals surface area contributed by atoms with Crippen molar-refractivity contribution in [2.24, 2.45) is 11.1 Å². The summed E-state index contributed by atoms with van der Waals surface area (Å²) >= 11 is 11.9. The predicted octanol–water partition coefficient (Wildman–Crippen LogP) is 2.81. The molecule has 0 aliphatic carbocycles. The number of nitrogens with two attached hydrogens (primary N) is 1. The topological polar surface area (TPSA) is 42.1 Å². The Kier molecular flexibility index (Phi) is 4.42. The van der Waals surface area contributed by atoms with E-state index in [1.54, 1.807) is 12.3 Å². The Bertz CT molecular complexity index is 366. The SMILES string of the molecule is CN(CC(C)(C)CN)c1ncc(Cl)cc1Cl. The molecule has 2 N–H and O–H groups in total. The van der Waals surface area contributed by atoms with Gasteiger partial charge in [0.15, 0.2) is 0 Å². The molecule has 16 heavy (non-hydrogen) atoms. The molecule has 0 amide bonds. The number of halogens is 2. The monoisotopic (exact) mass is 261 g/mol. The molecule has 0 aliphatic heterocycles. The molecule has 3 nitrogen and oxygen atoms in total. The standard InChI is InChI=1S/C11H17Cl2N3/c1-11(2,6-14)7-16(3)10-9(13)4-8(12)5-15-10/h4-5H,6-7,14H2,1-3H3. The van der Waals surface area contributed by atoms with Gasteiger partial charge in [-0.15, -0.1) is 0 Å². The number of anilines is 1. The van der Waals surface area contributed by atoms with E-state index in [-0.39, 0.29) is 5.41 Å². The fourth-order valence-electron chi connectivity index (χ4n) is 1.47. The van der Waals surface area contributed by atoms with Crippen LogP contribution < -0.4 is 10.6 Å². The van der Waals surface area contributed by atoms with Crippen molar-refractivity contribution in [2.45, 2.75) is 13.8 Å². The van der Waals surface area contributed by atoms with Crippen LogP contribution in [0.4, 0.5) is 5.82 Å². The van der Waals surface area contributed by atoms with Gasteiger partial charge in [-0.05, 0) is 18.0 Å². The second-order valence-electron chi connectivity index (χ2n) is 4.68. The summed E-state index contributed by atoms with van der Waals surface area (Å²) in [6, 6.07) is 1.69. The Balaban J connectivity index is 2.84. The molecule has 0 bridgehead atoms. The third kappa shape index (κ3) is 3.51. The summed E-state index contributed by atoms with van der Waals surface area (Å²) in [6.07, 6.45) is 1.59. The highest BCUT2D eigenvalue weighted by atomic mass is 35.5. The van der Waals surface area contributed by atoms with E-state index < -0.39 is 0 Å². The van der Waals surface area contributed by atoms with E-state index in [0.29, 0.717) is 16.6 Å². The van der Waals surface area contributed by atoms with Crippen molar-refractivity contribution < 1.29 is 0 Å². The second-order valence-corrected chi connectivity index (χ2v) is 5.53. The van der Waals surface area contributed by atoms with Crippen LogP contribution in [0.1, 0.15) is 13.8 Å². The Morgan fingerprint density at radius 2 is 2.06 bits per heavy atom. The fourth-order valence-corrected chi connectivity index (χ4v) is 1.99. The summed E-state index contributed by atoms with van der Waals surface area (Å²) in [6.45, 7) is 5.61. The molecule has 90 valence electrons. The van der Waals surface area contributed by atoms with Gasteiger partial charge in [-0.2, -0.15) is 0 Å². The van der Waals surface area contributed by atoms with Crippen LogP contribution in [-0.4, -0.2) is 25.1 Å². The van der Waals surface area contributed by atoms with E-state index in [1.807, 2.05) is 11.9 Å². The third-order valence-corrected chi connectivity index (χ3v) is 2.85. The highest BCUT2D eigenvalue weighted by Gasteiger charge is 2.20. The lowest BCUT2D eigenvalue weighted by Gasteiger charge is -2.30. The molecule has 0 aromatic carbocycles. The first-order valence-electron chi connectivity index (χ1n) is 5.08. The molecule has 0 saturated carbocycles. The first-order valence-corrected chi connectivity index (χ1v) is 5.83. The van der Waals surface area contributed by atoms with Gasteiger partial charge in [-0.3, -0.25) is 0 Å². The number of rotatable bonds is 4. The van der Waals surface area contributed by atoms with Crippen molar-refractivity contribution in [3.05, 3.63) is 22.3 Å². The van der Waals surface area contributed by atoms with Crippen LogP contribution >= 0.6 is 23.2 Å².